The molecule has 0 fully saturated rings. The summed E-state index contributed by atoms with van der Waals surface area (Å²) in [5.41, 5.74) is 1.70. The van der Waals surface area contributed by atoms with E-state index in [-0.39, 0.29) is 24.6 Å². The zero-order valence-corrected chi connectivity index (χ0v) is 12.2. The number of ether oxygens (including phenoxy) is 1. The van der Waals surface area contributed by atoms with Crippen molar-refractivity contribution in [3.8, 4) is 5.75 Å². The molecule has 1 atom stereocenters. The lowest BCUT2D eigenvalue weighted by molar-refractivity contribution is 0.242. The Labute approximate surface area is 124 Å². The van der Waals surface area contributed by atoms with Crippen LogP contribution in [0.5, 0.6) is 5.75 Å². The maximum Gasteiger partial charge on any atom is 0.123 e. The Morgan fingerprint density at radius 1 is 1.05 bits per heavy atom. The Kier molecular flexibility index (Phi) is 5.17. The Bertz CT molecular complexity index is 552. The monoisotopic (exact) mass is 289 g/mol. The summed E-state index contributed by atoms with van der Waals surface area (Å²) in [4.78, 5) is 0. The van der Waals surface area contributed by atoms with E-state index in [0.29, 0.717) is 0 Å². The first-order valence-electron chi connectivity index (χ1n) is 6.98. The van der Waals surface area contributed by atoms with Gasteiger partial charge in [0.15, 0.2) is 0 Å². The summed E-state index contributed by atoms with van der Waals surface area (Å²) >= 11 is 0. The fraction of sp³-hybridized carbons (Fsp3) is 0.294. The Balaban J connectivity index is 2.08. The summed E-state index contributed by atoms with van der Waals surface area (Å²) in [5, 5.41) is 12.7. The van der Waals surface area contributed by atoms with Crippen LogP contribution in [-0.2, 0) is 0 Å². The molecule has 2 N–H and O–H groups in total. The summed E-state index contributed by atoms with van der Waals surface area (Å²) in [5.74, 6) is 0.517. The van der Waals surface area contributed by atoms with Crippen LogP contribution >= 0.6 is 0 Å². The topological polar surface area (TPSA) is 41.5 Å². The highest BCUT2D eigenvalue weighted by Crippen LogP contribution is 2.22. The van der Waals surface area contributed by atoms with E-state index < -0.39 is 0 Å². The predicted octanol–water partition coefficient (Wildman–Crippen LogP) is 3.76. The van der Waals surface area contributed by atoms with Gasteiger partial charge in [0.05, 0.1) is 18.8 Å². The standard InChI is InChI=1S/C17H20FNO2/c1-12(2)21-16-9-3-13(4-10-16)17(11-20)19-15-7-5-14(18)6-8-15/h3-10,12,17,19-20H,11H2,1-2H3. The SMILES string of the molecule is CC(C)Oc1ccc(C(CO)Nc2ccc(F)cc2)cc1. The van der Waals surface area contributed by atoms with Gasteiger partial charge in [-0.3, -0.25) is 0 Å². The number of benzene rings is 2. The Morgan fingerprint density at radius 2 is 1.67 bits per heavy atom. The van der Waals surface area contributed by atoms with Gasteiger partial charge in [-0.25, -0.2) is 4.39 Å². The highest BCUT2D eigenvalue weighted by atomic mass is 19.1. The molecule has 21 heavy (non-hydrogen) atoms. The zero-order chi connectivity index (χ0) is 15.2. The van der Waals surface area contributed by atoms with Crippen molar-refractivity contribution in [3.05, 3.63) is 59.9 Å². The zero-order valence-electron chi connectivity index (χ0n) is 12.2. The number of nitrogens with one attached hydrogen (secondary N) is 1. The van der Waals surface area contributed by atoms with Crippen molar-refractivity contribution in [2.75, 3.05) is 11.9 Å². The number of anilines is 1. The van der Waals surface area contributed by atoms with Crippen molar-refractivity contribution in [1.29, 1.82) is 0 Å². The van der Waals surface area contributed by atoms with Crippen LogP contribution in [0.3, 0.4) is 0 Å². The van der Waals surface area contributed by atoms with Gasteiger partial charge in [0.25, 0.3) is 0 Å². The Hall–Kier alpha value is -2.07. The van der Waals surface area contributed by atoms with Crippen molar-refractivity contribution in [1.82, 2.24) is 0 Å². The number of hydrogen-bond donors (Lipinski definition) is 2. The van der Waals surface area contributed by atoms with Gasteiger partial charge in [0.1, 0.15) is 11.6 Å². The lowest BCUT2D eigenvalue weighted by Crippen LogP contribution is -2.15. The second-order valence-electron chi connectivity index (χ2n) is 5.12. The smallest absolute Gasteiger partial charge is 0.123 e. The van der Waals surface area contributed by atoms with E-state index in [2.05, 4.69) is 5.32 Å². The van der Waals surface area contributed by atoms with Crippen molar-refractivity contribution in [2.24, 2.45) is 0 Å². The van der Waals surface area contributed by atoms with Crippen LogP contribution < -0.4 is 10.1 Å². The molecule has 0 heterocycles. The number of rotatable bonds is 6. The van der Waals surface area contributed by atoms with E-state index in [1.165, 1.54) is 12.1 Å². The van der Waals surface area contributed by atoms with E-state index in [1.807, 2.05) is 38.1 Å². The van der Waals surface area contributed by atoms with Crippen molar-refractivity contribution < 1.29 is 14.2 Å². The van der Waals surface area contributed by atoms with E-state index in [0.717, 1.165) is 17.0 Å². The Morgan fingerprint density at radius 3 is 2.19 bits per heavy atom. The molecule has 0 saturated carbocycles. The fourth-order valence-corrected chi connectivity index (χ4v) is 2.03. The molecule has 4 heteroatoms. The number of hydrogen-bond acceptors (Lipinski definition) is 3. The second kappa shape index (κ2) is 7.09. The molecule has 112 valence electrons. The third kappa shape index (κ3) is 4.46. The summed E-state index contributed by atoms with van der Waals surface area (Å²) in [6.07, 6.45) is 0.127. The van der Waals surface area contributed by atoms with Gasteiger partial charge in [0, 0.05) is 5.69 Å². The third-order valence-corrected chi connectivity index (χ3v) is 3.02. The number of halogens is 1. The quantitative estimate of drug-likeness (QED) is 0.851. The lowest BCUT2D eigenvalue weighted by atomic mass is 10.1. The number of aliphatic hydroxyl groups excluding tert-OH is 1. The van der Waals surface area contributed by atoms with Gasteiger partial charge in [-0.15, -0.1) is 0 Å². The first kappa shape index (κ1) is 15.3. The molecule has 2 rings (SSSR count). The molecule has 0 saturated heterocycles. The summed E-state index contributed by atoms with van der Waals surface area (Å²) in [6, 6.07) is 13.4. The largest absolute Gasteiger partial charge is 0.491 e. The first-order valence-corrected chi connectivity index (χ1v) is 6.98. The van der Waals surface area contributed by atoms with Gasteiger partial charge in [-0.2, -0.15) is 0 Å². The van der Waals surface area contributed by atoms with Gasteiger partial charge in [-0.05, 0) is 55.8 Å². The van der Waals surface area contributed by atoms with Crippen LogP contribution in [0, 0.1) is 5.82 Å². The van der Waals surface area contributed by atoms with Gasteiger partial charge in [-0.1, -0.05) is 12.1 Å². The summed E-state index contributed by atoms with van der Waals surface area (Å²) < 4.78 is 18.5. The van der Waals surface area contributed by atoms with Crippen molar-refractivity contribution in [3.63, 3.8) is 0 Å². The molecule has 0 radical (unpaired) electrons. The highest BCUT2D eigenvalue weighted by molar-refractivity contribution is 5.46. The predicted molar refractivity (Wildman–Crippen MR) is 82.1 cm³/mol. The maximum atomic E-state index is 12.9. The normalized spacial score (nSPS) is 12.2. The highest BCUT2D eigenvalue weighted by Gasteiger charge is 2.10. The first-order chi connectivity index (χ1) is 10.1. The number of aliphatic hydroxyl groups is 1. The molecule has 2 aromatic carbocycles. The minimum atomic E-state index is -0.281. The van der Waals surface area contributed by atoms with E-state index in [4.69, 9.17) is 4.74 Å². The summed E-state index contributed by atoms with van der Waals surface area (Å²) in [6.45, 7) is 3.89. The third-order valence-electron chi connectivity index (χ3n) is 3.02. The van der Waals surface area contributed by atoms with Crippen LogP contribution in [0.15, 0.2) is 48.5 Å². The average Bonchev–Trinajstić information content (AvgIpc) is 2.47. The lowest BCUT2D eigenvalue weighted by Gasteiger charge is -2.19. The molecule has 0 aliphatic rings. The van der Waals surface area contributed by atoms with Gasteiger partial charge >= 0.3 is 0 Å². The molecule has 0 bridgehead atoms. The van der Waals surface area contributed by atoms with Gasteiger partial charge in [0.2, 0.25) is 0 Å². The van der Waals surface area contributed by atoms with Crippen LogP contribution in [0.25, 0.3) is 0 Å². The van der Waals surface area contributed by atoms with Crippen molar-refractivity contribution in [2.45, 2.75) is 26.0 Å². The van der Waals surface area contributed by atoms with E-state index >= 15 is 0 Å². The van der Waals surface area contributed by atoms with Crippen LogP contribution in [0.1, 0.15) is 25.5 Å². The molecule has 0 aliphatic heterocycles. The van der Waals surface area contributed by atoms with Crippen LogP contribution in [0.2, 0.25) is 0 Å². The van der Waals surface area contributed by atoms with Crippen LogP contribution in [0.4, 0.5) is 10.1 Å². The fourth-order valence-electron chi connectivity index (χ4n) is 2.03. The van der Waals surface area contributed by atoms with E-state index in [1.54, 1.807) is 12.1 Å². The molecule has 2 aromatic rings. The molecule has 3 nitrogen and oxygen atoms in total. The molecular weight excluding hydrogens is 269 g/mol. The second-order valence-corrected chi connectivity index (χ2v) is 5.12. The maximum absolute atomic E-state index is 12.9. The molecule has 0 aliphatic carbocycles. The molecule has 0 aromatic heterocycles. The van der Waals surface area contributed by atoms with Crippen molar-refractivity contribution >= 4 is 5.69 Å². The molecular formula is C17H20FNO2. The summed E-state index contributed by atoms with van der Waals surface area (Å²) in [7, 11) is 0. The minimum Gasteiger partial charge on any atom is -0.491 e. The van der Waals surface area contributed by atoms with Gasteiger partial charge < -0.3 is 15.2 Å². The minimum absolute atomic E-state index is 0.0538. The van der Waals surface area contributed by atoms with Crippen LogP contribution in [-0.4, -0.2) is 17.8 Å². The molecule has 0 spiro atoms. The van der Waals surface area contributed by atoms with E-state index in [9.17, 15) is 9.50 Å². The molecule has 0 amide bonds. The average molecular weight is 289 g/mol. The molecule has 1 unspecified atom stereocenters.